The smallest absolute Gasteiger partial charge is 0.230 e. The fraction of sp³-hybridized carbons (Fsp3) is 0.588. The fourth-order valence-corrected chi connectivity index (χ4v) is 3.88. The van der Waals surface area contributed by atoms with Gasteiger partial charge in [0.1, 0.15) is 0 Å². The van der Waals surface area contributed by atoms with Crippen LogP contribution in [0.25, 0.3) is 0 Å². The molecule has 0 bridgehead atoms. The summed E-state index contributed by atoms with van der Waals surface area (Å²) in [5.41, 5.74) is 0.698. The van der Waals surface area contributed by atoms with Crippen LogP contribution >= 0.6 is 11.6 Å². The fourth-order valence-electron chi connectivity index (χ4n) is 3.69. The van der Waals surface area contributed by atoms with Gasteiger partial charge in [-0.3, -0.25) is 4.79 Å². The molecule has 1 heterocycles. The van der Waals surface area contributed by atoms with Gasteiger partial charge in [0.2, 0.25) is 5.91 Å². The minimum Gasteiger partial charge on any atom is -0.351 e. The molecule has 4 heteroatoms. The molecule has 1 aliphatic carbocycles. The lowest BCUT2D eigenvalue weighted by atomic mass is 9.68. The Balaban J connectivity index is 1.86. The lowest BCUT2D eigenvalue weighted by molar-refractivity contribution is -0.128. The number of amides is 1. The van der Waals surface area contributed by atoms with Gasteiger partial charge < -0.3 is 10.6 Å². The summed E-state index contributed by atoms with van der Waals surface area (Å²) in [5.74, 6) is 0.193. The molecule has 2 aliphatic rings. The molecule has 1 amide bonds. The predicted molar refractivity (Wildman–Crippen MR) is 85.6 cm³/mol. The molecule has 0 radical (unpaired) electrons. The van der Waals surface area contributed by atoms with Gasteiger partial charge in [0.15, 0.2) is 0 Å². The van der Waals surface area contributed by atoms with Crippen molar-refractivity contribution in [3.63, 3.8) is 0 Å². The van der Waals surface area contributed by atoms with Crippen LogP contribution < -0.4 is 10.6 Å². The van der Waals surface area contributed by atoms with Gasteiger partial charge in [-0.05, 0) is 43.5 Å². The second-order valence-corrected chi connectivity index (χ2v) is 6.75. The number of carbonyl (C=O) groups excluding carboxylic acids is 1. The van der Waals surface area contributed by atoms with Crippen LogP contribution in [0.15, 0.2) is 24.3 Å². The van der Waals surface area contributed by atoms with Crippen LogP contribution in [0.3, 0.4) is 0 Å². The minimum absolute atomic E-state index is 0.193. The molecule has 114 valence electrons. The monoisotopic (exact) mass is 306 g/mol. The van der Waals surface area contributed by atoms with E-state index in [1.807, 2.05) is 18.2 Å². The number of carbonyl (C=O) groups is 1. The van der Waals surface area contributed by atoms with Crippen molar-refractivity contribution in [1.82, 2.24) is 10.6 Å². The first-order valence-corrected chi connectivity index (χ1v) is 8.36. The second-order valence-electron chi connectivity index (χ2n) is 6.32. The summed E-state index contributed by atoms with van der Waals surface area (Å²) < 4.78 is 0. The van der Waals surface area contributed by atoms with E-state index in [9.17, 15) is 4.79 Å². The summed E-state index contributed by atoms with van der Waals surface area (Å²) in [6.07, 6.45) is 6.34. The third kappa shape index (κ3) is 3.09. The molecule has 0 spiro atoms. The Hall–Kier alpha value is -1.06. The van der Waals surface area contributed by atoms with Crippen molar-refractivity contribution in [2.45, 2.75) is 50.0 Å². The number of nitrogens with one attached hydrogen (secondary N) is 2. The van der Waals surface area contributed by atoms with E-state index in [0.717, 1.165) is 50.8 Å². The number of benzene rings is 1. The normalized spacial score (nSPS) is 24.7. The summed E-state index contributed by atoms with van der Waals surface area (Å²) in [6, 6.07) is 8.14. The van der Waals surface area contributed by atoms with Crippen LogP contribution in [0.4, 0.5) is 0 Å². The van der Waals surface area contributed by atoms with E-state index in [2.05, 4.69) is 16.7 Å². The molecule has 1 atom stereocenters. The van der Waals surface area contributed by atoms with Gasteiger partial charge in [-0.25, -0.2) is 0 Å². The molecule has 1 saturated heterocycles. The van der Waals surface area contributed by atoms with Gasteiger partial charge in [-0.2, -0.15) is 0 Å². The molecule has 3 rings (SSSR count). The summed E-state index contributed by atoms with van der Waals surface area (Å²) >= 11 is 6.16. The maximum absolute atomic E-state index is 13.0. The molecule has 0 aromatic heterocycles. The van der Waals surface area contributed by atoms with Gasteiger partial charge >= 0.3 is 0 Å². The lowest BCUT2D eigenvalue weighted by Crippen LogP contribution is -2.49. The molecule has 3 nitrogen and oxygen atoms in total. The van der Waals surface area contributed by atoms with Crippen molar-refractivity contribution in [1.29, 1.82) is 0 Å². The standard InChI is InChI=1S/C17H23ClN2O/c18-14-6-4-5-13(11-14)17(8-2-1-3-9-17)16(21)20-15-7-10-19-12-15/h4-6,11,15,19H,1-3,7-10,12H2,(H,20,21). The lowest BCUT2D eigenvalue weighted by Gasteiger charge is -2.37. The number of halogens is 1. The van der Waals surface area contributed by atoms with E-state index in [0.29, 0.717) is 5.02 Å². The van der Waals surface area contributed by atoms with E-state index in [-0.39, 0.29) is 17.4 Å². The Morgan fingerprint density at radius 3 is 2.76 bits per heavy atom. The van der Waals surface area contributed by atoms with Crippen molar-refractivity contribution >= 4 is 17.5 Å². The zero-order valence-electron chi connectivity index (χ0n) is 12.3. The van der Waals surface area contributed by atoms with Crippen LogP contribution in [0, 0.1) is 0 Å². The summed E-state index contributed by atoms with van der Waals surface area (Å²) in [6.45, 7) is 1.88. The highest BCUT2D eigenvalue weighted by Gasteiger charge is 2.42. The van der Waals surface area contributed by atoms with E-state index in [1.165, 1.54) is 6.42 Å². The van der Waals surface area contributed by atoms with Gasteiger partial charge in [0, 0.05) is 17.6 Å². The first-order valence-electron chi connectivity index (χ1n) is 7.98. The largest absolute Gasteiger partial charge is 0.351 e. The Kier molecular flexibility index (Phi) is 4.51. The SMILES string of the molecule is O=C(NC1CCNC1)C1(c2cccc(Cl)c2)CCCCC1. The van der Waals surface area contributed by atoms with E-state index in [1.54, 1.807) is 0 Å². The third-order valence-electron chi connectivity index (χ3n) is 4.91. The second kappa shape index (κ2) is 6.37. The molecule has 1 aromatic carbocycles. The van der Waals surface area contributed by atoms with Gasteiger partial charge in [0.25, 0.3) is 0 Å². The molecule has 1 unspecified atom stereocenters. The van der Waals surface area contributed by atoms with Crippen molar-refractivity contribution in [3.05, 3.63) is 34.9 Å². The van der Waals surface area contributed by atoms with Crippen LogP contribution in [0.2, 0.25) is 5.02 Å². The quantitative estimate of drug-likeness (QED) is 0.901. The van der Waals surface area contributed by atoms with Crippen LogP contribution in [-0.2, 0) is 10.2 Å². The number of hydrogen-bond donors (Lipinski definition) is 2. The summed E-state index contributed by atoms with van der Waals surface area (Å²) in [5, 5.41) is 7.28. The number of rotatable bonds is 3. The topological polar surface area (TPSA) is 41.1 Å². The number of hydrogen-bond acceptors (Lipinski definition) is 2. The van der Waals surface area contributed by atoms with Gasteiger partial charge in [-0.1, -0.05) is 43.0 Å². The average molecular weight is 307 g/mol. The Morgan fingerprint density at radius 2 is 2.10 bits per heavy atom. The molecule has 1 aromatic rings. The van der Waals surface area contributed by atoms with Crippen LogP contribution in [-0.4, -0.2) is 25.0 Å². The zero-order valence-corrected chi connectivity index (χ0v) is 13.1. The molecule has 1 aliphatic heterocycles. The molecule has 1 saturated carbocycles. The molecule has 2 N–H and O–H groups in total. The highest BCUT2D eigenvalue weighted by molar-refractivity contribution is 6.30. The van der Waals surface area contributed by atoms with E-state index in [4.69, 9.17) is 11.6 Å². The highest BCUT2D eigenvalue weighted by Crippen LogP contribution is 2.40. The maximum atomic E-state index is 13.0. The van der Waals surface area contributed by atoms with Crippen molar-refractivity contribution in [2.75, 3.05) is 13.1 Å². The van der Waals surface area contributed by atoms with Crippen molar-refractivity contribution in [2.24, 2.45) is 0 Å². The summed E-state index contributed by atoms with van der Waals surface area (Å²) in [4.78, 5) is 13.0. The van der Waals surface area contributed by atoms with Crippen molar-refractivity contribution < 1.29 is 4.79 Å². The Labute approximate surface area is 131 Å². The molecular weight excluding hydrogens is 284 g/mol. The first kappa shape index (κ1) is 14.9. The predicted octanol–water partition coefficient (Wildman–Crippen LogP) is 3.02. The average Bonchev–Trinajstić information content (AvgIpc) is 3.01. The maximum Gasteiger partial charge on any atom is 0.230 e. The van der Waals surface area contributed by atoms with Crippen molar-refractivity contribution in [3.8, 4) is 0 Å². The van der Waals surface area contributed by atoms with E-state index < -0.39 is 0 Å². The van der Waals surface area contributed by atoms with E-state index >= 15 is 0 Å². The molecule has 21 heavy (non-hydrogen) atoms. The Bertz CT molecular complexity index is 505. The van der Waals surface area contributed by atoms with Crippen LogP contribution in [0.5, 0.6) is 0 Å². The molecule has 2 fully saturated rings. The Morgan fingerprint density at radius 1 is 1.29 bits per heavy atom. The first-order chi connectivity index (χ1) is 10.2. The highest BCUT2D eigenvalue weighted by atomic mass is 35.5. The van der Waals surface area contributed by atoms with Gasteiger partial charge in [-0.15, -0.1) is 0 Å². The summed E-state index contributed by atoms with van der Waals surface area (Å²) in [7, 11) is 0. The third-order valence-corrected chi connectivity index (χ3v) is 5.15. The molecular formula is C17H23ClN2O. The zero-order chi connectivity index (χ0) is 14.7. The van der Waals surface area contributed by atoms with Gasteiger partial charge in [0.05, 0.1) is 5.41 Å². The minimum atomic E-state index is -0.383. The van der Waals surface area contributed by atoms with Crippen LogP contribution in [0.1, 0.15) is 44.1 Å².